The highest BCUT2D eigenvalue weighted by Gasteiger charge is 2.25. The molecule has 0 unspecified atom stereocenters. The minimum Gasteiger partial charge on any atom is -0.490 e. The van der Waals surface area contributed by atoms with E-state index in [2.05, 4.69) is 5.32 Å². The van der Waals surface area contributed by atoms with E-state index in [1.54, 1.807) is 55.5 Å². The molecule has 8 heteroatoms. The van der Waals surface area contributed by atoms with Crippen LogP contribution in [-0.4, -0.2) is 23.7 Å². The van der Waals surface area contributed by atoms with Crippen molar-refractivity contribution >= 4 is 46.6 Å². The number of hydrogen-bond acceptors (Lipinski definition) is 6. The van der Waals surface area contributed by atoms with Gasteiger partial charge in [0, 0.05) is 0 Å². The molecule has 0 radical (unpaired) electrons. The number of nitrogens with one attached hydrogen (secondary N) is 1. The van der Waals surface area contributed by atoms with E-state index >= 15 is 0 Å². The lowest BCUT2D eigenvalue weighted by Gasteiger charge is -2.12. The van der Waals surface area contributed by atoms with Gasteiger partial charge in [-0.05, 0) is 54.6 Å². The predicted octanol–water partition coefficient (Wildman–Crippen LogP) is 4.28. The molecular weight excluding hydrogens is 390 g/mol. The molecule has 0 bridgehead atoms. The van der Waals surface area contributed by atoms with Crippen molar-refractivity contribution in [1.82, 2.24) is 5.32 Å². The summed E-state index contributed by atoms with van der Waals surface area (Å²) in [5.74, 6) is -0.494. The Bertz CT molecular complexity index is 957. The Morgan fingerprint density at radius 3 is 2.63 bits per heavy atom. The molecule has 3 rings (SSSR count). The zero-order chi connectivity index (χ0) is 19.4. The number of carbonyl (C=O) groups excluding carboxylic acids is 3. The second-order valence-corrected chi connectivity index (χ2v) is 6.78. The Hall–Kier alpha value is -2.77. The summed E-state index contributed by atoms with van der Waals surface area (Å²) < 4.78 is 11.0. The smallest absolute Gasteiger partial charge is 0.345 e. The van der Waals surface area contributed by atoms with Gasteiger partial charge >= 0.3 is 5.97 Å². The first kappa shape index (κ1) is 19.0. The van der Waals surface area contributed by atoms with E-state index in [1.807, 2.05) is 0 Å². The Morgan fingerprint density at radius 2 is 1.96 bits per heavy atom. The fourth-order valence-corrected chi connectivity index (χ4v) is 3.22. The third kappa shape index (κ3) is 4.50. The second kappa shape index (κ2) is 8.28. The largest absolute Gasteiger partial charge is 0.490 e. The van der Waals surface area contributed by atoms with Crippen LogP contribution in [0, 0.1) is 0 Å². The van der Waals surface area contributed by atoms with Gasteiger partial charge < -0.3 is 9.47 Å². The van der Waals surface area contributed by atoms with Crippen LogP contribution in [0.15, 0.2) is 47.4 Å². The van der Waals surface area contributed by atoms with Crippen molar-refractivity contribution in [3.05, 3.63) is 63.5 Å². The molecule has 0 spiro atoms. The van der Waals surface area contributed by atoms with Crippen LogP contribution in [0.5, 0.6) is 11.5 Å². The maximum absolute atomic E-state index is 12.4. The van der Waals surface area contributed by atoms with Crippen molar-refractivity contribution in [1.29, 1.82) is 0 Å². The number of halogens is 1. The molecule has 1 fully saturated rings. The zero-order valence-corrected chi connectivity index (χ0v) is 15.7. The monoisotopic (exact) mass is 403 g/mol. The molecule has 138 valence electrons. The van der Waals surface area contributed by atoms with Crippen LogP contribution < -0.4 is 14.8 Å². The second-order valence-electron chi connectivity index (χ2n) is 5.36. The highest BCUT2D eigenvalue weighted by atomic mass is 35.5. The maximum Gasteiger partial charge on any atom is 0.345 e. The molecule has 0 aliphatic carbocycles. The first-order valence-electron chi connectivity index (χ1n) is 7.96. The molecule has 0 atom stereocenters. The molecule has 2 aromatic rings. The van der Waals surface area contributed by atoms with Gasteiger partial charge in [-0.3, -0.25) is 14.9 Å². The van der Waals surface area contributed by atoms with Gasteiger partial charge in [0.05, 0.1) is 22.1 Å². The fourth-order valence-electron chi connectivity index (χ4n) is 2.32. The third-order valence-electron chi connectivity index (χ3n) is 3.50. The van der Waals surface area contributed by atoms with Crippen molar-refractivity contribution in [2.24, 2.45) is 0 Å². The number of amides is 2. The Morgan fingerprint density at radius 1 is 1.19 bits per heavy atom. The number of ether oxygens (including phenoxy) is 2. The predicted molar refractivity (Wildman–Crippen MR) is 103 cm³/mol. The molecule has 2 aromatic carbocycles. The summed E-state index contributed by atoms with van der Waals surface area (Å²) in [5, 5.41) is 2.06. The lowest BCUT2D eigenvalue weighted by Crippen LogP contribution is -2.17. The average Bonchev–Trinajstić information content (AvgIpc) is 2.95. The van der Waals surface area contributed by atoms with Crippen LogP contribution in [0.2, 0.25) is 5.02 Å². The van der Waals surface area contributed by atoms with Crippen LogP contribution in [0.25, 0.3) is 6.08 Å². The number of thioether (sulfide) groups is 1. The molecule has 1 heterocycles. The Kier molecular flexibility index (Phi) is 5.83. The van der Waals surface area contributed by atoms with E-state index in [0.29, 0.717) is 17.9 Å². The van der Waals surface area contributed by atoms with Crippen molar-refractivity contribution in [2.45, 2.75) is 6.92 Å². The van der Waals surface area contributed by atoms with Gasteiger partial charge in [0.15, 0.2) is 11.5 Å². The minimum absolute atomic E-state index is 0.225. The maximum atomic E-state index is 12.4. The fraction of sp³-hybridized carbons (Fsp3) is 0.105. The summed E-state index contributed by atoms with van der Waals surface area (Å²) in [6.45, 7) is 2.15. The highest BCUT2D eigenvalue weighted by molar-refractivity contribution is 8.18. The summed E-state index contributed by atoms with van der Waals surface area (Å²) in [6, 6.07) is 11.4. The molecule has 1 N–H and O–H groups in total. The molecule has 0 saturated carbocycles. The molecule has 27 heavy (non-hydrogen) atoms. The molecule has 1 aliphatic heterocycles. The lowest BCUT2D eigenvalue weighted by molar-refractivity contribution is -0.115. The topological polar surface area (TPSA) is 81.7 Å². The highest BCUT2D eigenvalue weighted by Crippen LogP contribution is 2.32. The van der Waals surface area contributed by atoms with Crippen LogP contribution >= 0.6 is 23.4 Å². The van der Waals surface area contributed by atoms with Crippen molar-refractivity contribution in [2.75, 3.05) is 6.61 Å². The first-order chi connectivity index (χ1) is 13.0. The third-order valence-corrected chi connectivity index (χ3v) is 4.64. The van der Waals surface area contributed by atoms with Crippen LogP contribution in [0.4, 0.5) is 4.79 Å². The van der Waals surface area contributed by atoms with E-state index in [4.69, 9.17) is 21.1 Å². The Balaban J connectivity index is 1.87. The Labute approximate surface area is 164 Å². The van der Waals surface area contributed by atoms with E-state index in [1.165, 1.54) is 0 Å². The summed E-state index contributed by atoms with van der Waals surface area (Å²) >= 11 is 6.85. The molecule has 0 aromatic heterocycles. The number of hydrogen-bond donors (Lipinski definition) is 1. The van der Waals surface area contributed by atoms with Gasteiger partial charge in [-0.15, -0.1) is 0 Å². The van der Waals surface area contributed by atoms with Gasteiger partial charge in [-0.25, -0.2) is 4.79 Å². The quantitative estimate of drug-likeness (QED) is 0.456. The van der Waals surface area contributed by atoms with E-state index in [0.717, 1.165) is 11.8 Å². The van der Waals surface area contributed by atoms with E-state index in [-0.39, 0.29) is 21.2 Å². The molecule has 2 amide bonds. The molecular formula is C19H14ClNO5S. The molecule has 1 saturated heterocycles. The van der Waals surface area contributed by atoms with E-state index < -0.39 is 17.1 Å². The summed E-state index contributed by atoms with van der Waals surface area (Å²) in [6.07, 6.45) is 1.56. The number of imide groups is 1. The van der Waals surface area contributed by atoms with Crippen LogP contribution in [0.3, 0.4) is 0 Å². The molecule has 6 nitrogen and oxygen atoms in total. The average molecular weight is 404 g/mol. The van der Waals surface area contributed by atoms with Gasteiger partial charge in [0.25, 0.3) is 11.1 Å². The van der Waals surface area contributed by atoms with Gasteiger partial charge in [-0.2, -0.15) is 0 Å². The van der Waals surface area contributed by atoms with Crippen LogP contribution in [0.1, 0.15) is 22.8 Å². The van der Waals surface area contributed by atoms with Crippen molar-refractivity contribution < 1.29 is 23.9 Å². The minimum atomic E-state index is -0.607. The summed E-state index contributed by atoms with van der Waals surface area (Å²) in [5.41, 5.74) is 0.869. The number of carbonyl (C=O) groups is 3. The van der Waals surface area contributed by atoms with Crippen molar-refractivity contribution in [3.63, 3.8) is 0 Å². The number of rotatable bonds is 5. The van der Waals surface area contributed by atoms with Crippen LogP contribution in [-0.2, 0) is 4.79 Å². The summed E-state index contributed by atoms with van der Waals surface area (Å²) in [7, 11) is 0. The lowest BCUT2D eigenvalue weighted by atomic mass is 10.1. The normalized spacial score (nSPS) is 15.0. The number of benzene rings is 2. The van der Waals surface area contributed by atoms with Gasteiger partial charge in [0.2, 0.25) is 0 Å². The van der Waals surface area contributed by atoms with Crippen molar-refractivity contribution in [3.8, 4) is 11.5 Å². The first-order valence-corrected chi connectivity index (χ1v) is 9.15. The SMILES string of the molecule is CCOc1cc(/C=C2/SC(=O)NC2=O)ccc1OC(=O)c1ccccc1Cl. The summed E-state index contributed by atoms with van der Waals surface area (Å²) in [4.78, 5) is 35.6. The zero-order valence-electron chi connectivity index (χ0n) is 14.2. The standard InChI is InChI=1S/C19H14ClNO5S/c1-2-25-15-9-11(10-16-17(22)21-19(24)27-16)7-8-14(15)26-18(23)12-5-3-4-6-13(12)20/h3-10H,2H2,1H3,(H,21,22,24)/b16-10+. The van der Waals surface area contributed by atoms with E-state index in [9.17, 15) is 14.4 Å². The van der Waals surface area contributed by atoms with Gasteiger partial charge in [-0.1, -0.05) is 29.8 Å². The van der Waals surface area contributed by atoms with Gasteiger partial charge in [0.1, 0.15) is 0 Å². The number of esters is 1. The molecule has 1 aliphatic rings.